The van der Waals surface area contributed by atoms with Crippen molar-refractivity contribution in [2.75, 3.05) is 0 Å². The van der Waals surface area contributed by atoms with Gasteiger partial charge in [-0.2, -0.15) is 0 Å². The van der Waals surface area contributed by atoms with Gasteiger partial charge in [0.1, 0.15) is 5.78 Å². The summed E-state index contributed by atoms with van der Waals surface area (Å²) in [7, 11) is 0. The van der Waals surface area contributed by atoms with E-state index in [2.05, 4.69) is 33.9 Å². The molecule has 0 amide bonds. The molecular formula is C15H24O. The maximum atomic E-state index is 12.5. The summed E-state index contributed by atoms with van der Waals surface area (Å²) < 4.78 is 0. The van der Waals surface area contributed by atoms with E-state index in [9.17, 15) is 4.79 Å². The van der Waals surface area contributed by atoms with Crippen LogP contribution in [0.2, 0.25) is 0 Å². The van der Waals surface area contributed by atoms with E-state index < -0.39 is 0 Å². The molecule has 0 aliphatic heterocycles. The fourth-order valence-electron chi connectivity index (χ4n) is 2.98. The Morgan fingerprint density at radius 3 is 2.50 bits per heavy atom. The third-order valence-electron chi connectivity index (χ3n) is 4.07. The zero-order chi connectivity index (χ0) is 12.5. The molecule has 0 aromatic heterocycles. The van der Waals surface area contributed by atoms with Crippen molar-refractivity contribution < 1.29 is 4.79 Å². The van der Waals surface area contributed by atoms with Crippen LogP contribution in [0, 0.1) is 23.2 Å². The Labute approximate surface area is 99.6 Å². The minimum Gasteiger partial charge on any atom is -0.299 e. The zero-order valence-electron chi connectivity index (χ0n) is 11.0. The van der Waals surface area contributed by atoms with Crippen LogP contribution in [0.15, 0.2) is 24.8 Å². The lowest BCUT2D eigenvalue weighted by Crippen LogP contribution is -2.43. The third kappa shape index (κ3) is 2.14. The van der Waals surface area contributed by atoms with Gasteiger partial charge in [0.05, 0.1) is 0 Å². The zero-order valence-corrected chi connectivity index (χ0v) is 11.0. The van der Waals surface area contributed by atoms with Crippen molar-refractivity contribution in [2.24, 2.45) is 23.2 Å². The van der Waals surface area contributed by atoms with Gasteiger partial charge in [0.25, 0.3) is 0 Å². The van der Waals surface area contributed by atoms with E-state index in [4.69, 9.17) is 0 Å². The molecule has 1 saturated carbocycles. The average molecular weight is 220 g/mol. The molecule has 0 saturated heterocycles. The van der Waals surface area contributed by atoms with Crippen molar-refractivity contribution in [3.05, 3.63) is 24.8 Å². The topological polar surface area (TPSA) is 17.1 Å². The van der Waals surface area contributed by atoms with E-state index in [-0.39, 0.29) is 17.3 Å². The van der Waals surface area contributed by atoms with E-state index in [1.165, 1.54) is 0 Å². The Bertz CT molecular complexity index is 313. The first kappa shape index (κ1) is 13.2. The molecule has 0 unspecified atom stereocenters. The lowest BCUT2D eigenvalue weighted by Gasteiger charge is -2.43. The fraction of sp³-hybridized carbons (Fsp3) is 0.667. The van der Waals surface area contributed by atoms with Crippen LogP contribution in [-0.2, 0) is 4.79 Å². The highest BCUT2D eigenvalue weighted by atomic mass is 16.1. The van der Waals surface area contributed by atoms with Gasteiger partial charge in [-0.05, 0) is 31.1 Å². The molecule has 1 heteroatoms. The van der Waals surface area contributed by atoms with E-state index in [0.717, 1.165) is 18.4 Å². The predicted octanol–water partition coefficient (Wildman–Crippen LogP) is 4.01. The molecule has 0 spiro atoms. The first-order valence-electron chi connectivity index (χ1n) is 6.16. The summed E-state index contributed by atoms with van der Waals surface area (Å²) in [5.74, 6) is 0.973. The molecule has 0 N–H and O–H groups in total. The predicted molar refractivity (Wildman–Crippen MR) is 69.2 cm³/mol. The van der Waals surface area contributed by atoms with Crippen molar-refractivity contribution in [2.45, 2.75) is 40.5 Å². The quantitative estimate of drug-likeness (QED) is 0.657. The number of ketones is 1. The van der Waals surface area contributed by atoms with Gasteiger partial charge in [-0.3, -0.25) is 4.79 Å². The maximum absolute atomic E-state index is 12.5. The van der Waals surface area contributed by atoms with E-state index >= 15 is 0 Å². The highest BCUT2D eigenvalue weighted by Gasteiger charge is 2.45. The van der Waals surface area contributed by atoms with Gasteiger partial charge in [-0.25, -0.2) is 0 Å². The van der Waals surface area contributed by atoms with Crippen LogP contribution in [0.5, 0.6) is 0 Å². The molecule has 1 nitrogen and oxygen atoms in total. The number of allylic oxidation sites excluding steroid dienone is 2. The molecule has 0 aromatic carbocycles. The minimum absolute atomic E-state index is 0.0360. The van der Waals surface area contributed by atoms with Crippen molar-refractivity contribution in [3.63, 3.8) is 0 Å². The molecule has 0 radical (unpaired) electrons. The molecule has 1 aliphatic rings. The number of Topliss-reactive ketones (excluding diaryl/α,β-unsaturated/α-hetero) is 1. The molecule has 16 heavy (non-hydrogen) atoms. The molecule has 1 aliphatic carbocycles. The summed E-state index contributed by atoms with van der Waals surface area (Å²) in [4.78, 5) is 12.5. The Morgan fingerprint density at radius 2 is 2.12 bits per heavy atom. The Hall–Kier alpha value is -0.850. The van der Waals surface area contributed by atoms with E-state index in [1.54, 1.807) is 0 Å². The van der Waals surface area contributed by atoms with Crippen molar-refractivity contribution in [3.8, 4) is 0 Å². The summed E-state index contributed by atoms with van der Waals surface area (Å²) in [5, 5.41) is 0. The second-order valence-corrected chi connectivity index (χ2v) is 5.78. The third-order valence-corrected chi connectivity index (χ3v) is 4.07. The second kappa shape index (κ2) is 4.57. The first-order chi connectivity index (χ1) is 7.33. The Kier molecular flexibility index (Phi) is 3.77. The standard InChI is InChI=1S/C15H24O/c1-7-15(6)9-8-12(10(2)3)14(16)13(15)11(4)5/h7,10,12-13H,1,4,8-9H2,2-3,5-6H3/t12-,13-,15-/m1/s1. The molecule has 0 heterocycles. The molecule has 0 aromatic rings. The van der Waals surface area contributed by atoms with Gasteiger partial charge in [0.2, 0.25) is 0 Å². The van der Waals surface area contributed by atoms with Gasteiger partial charge in [-0.1, -0.05) is 39.0 Å². The van der Waals surface area contributed by atoms with E-state index in [0.29, 0.717) is 11.7 Å². The molecule has 90 valence electrons. The second-order valence-electron chi connectivity index (χ2n) is 5.78. The lowest BCUT2D eigenvalue weighted by atomic mass is 9.60. The summed E-state index contributed by atoms with van der Waals surface area (Å²) in [6.45, 7) is 16.3. The smallest absolute Gasteiger partial charge is 0.144 e. The lowest BCUT2D eigenvalue weighted by molar-refractivity contribution is -0.133. The number of hydrogen-bond donors (Lipinski definition) is 0. The fourth-order valence-corrected chi connectivity index (χ4v) is 2.98. The van der Waals surface area contributed by atoms with E-state index in [1.807, 2.05) is 13.0 Å². The van der Waals surface area contributed by atoms with Gasteiger partial charge < -0.3 is 0 Å². The van der Waals surface area contributed by atoms with Crippen LogP contribution < -0.4 is 0 Å². The molecular weight excluding hydrogens is 196 g/mol. The summed E-state index contributed by atoms with van der Waals surface area (Å²) in [5.41, 5.74) is 0.895. The number of rotatable bonds is 3. The molecule has 3 atom stereocenters. The average Bonchev–Trinajstić information content (AvgIpc) is 2.16. The van der Waals surface area contributed by atoms with Crippen LogP contribution in [-0.4, -0.2) is 5.78 Å². The first-order valence-corrected chi connectivity index (χ1v) is 6.16. The molecule has 0 bridgehead atoms. The van der Waals surface area contributed by atoms with Gasteiger partial charge in [0, 0.05) is 11.8 Å². The summed E-state index contributed by atoms with van der Waals surface area (Å²) in [6, 6.07) is 0. The van der Waals surface area contributed by atoms with Crippen molar-refractivity contribution >= 4 is 5.78 Å². The Balaban J connectivity index is 3.06. The molecule has 1 fully saturated rings. The Morgan fingerprint density at radius 1 is 1.56 bits per heavy atom. The number of hydrogen-bond acceptors (Lipinski definition) is 1. The van der Waals surface area contributed by atoms with Crippen molar-refractivity contribution in [1.29, 1.82) is 0 Å². The van der Waals surface area contributed by atoms with Gasteiger partial charge in [-0.15, -0.1) is 6.58 Å². The van der Waals surface area contributed by atoms with Crippen LogP contribution in [0.25, 0.3) is 0 Å². The SMILES string of the molecule is C=C[C@]1(C)CC[C@H](C(C)C)C(=O)[C@H]1C(=C)C. The van der Waals surface area contributed by atoms with Gasteiger partial charge >= 0.3 is 0 Å². The van der Waals surface area contributed by atoms with Crippen molar-refractivity contribution in [1.82, 2.24) is 0 Å². The number of carbonyl (C=O) groups excluding carboxylic acids is 1. The highest BCUT2D eigenvalue weighted by Crippen LogP contribution is 2.46. The highest BCUT2D eigenvalue weighted by molar-refractivity contribution is 5.88. The van der Waals surface area contributed by atoms with Crippen LogP contribution in [0.1, 0.15) is 40.5 Å². The maximum Gasteiger partial charge on any atom is 0.144 e. The minimum atomic E-state index is -0.0890. The molecule has 1 rings (SSSR count). The van der Waals surface area contributed by atoms with Crippen LogP contribution in [0.3, 0.4) is 0 Å². The summed E-state index contributed by atoms with van der Waals surface area (Å²) in [6.07, 6.45) is 3.98. The summed E-state index contributed by atoms with van der Waals surface area (Å²) >= 11 is 0. The monoisotopic (exact) mass is 220 g/mol. The largest absolute Gasteiger partial charge is 0.299 e. The van der Waals surface area contributed by atoms with Crippen LogP contribution in [0.4, 0.5) is 0 Å². The normalized spacial score (nSPS) is 35.2. The van der Waals surface area contributed by atoms with Gasteiger partial charge in [0.15, 0.2) is 0 Å². The van der Waals surface area contributed by atoms with Crippen LogP contribution >= 0.6 is 0 Å². The number of carbonyl (C=O) groups is 1.